The summed E-state index contributed by atoms with van der Waals surface area (Å²) in [7, 11) is 0. The van der Waals surface area contributed by atoms with E-state index < -0.39 is 0 Å². The molecule has 1 atom stereocenters. The maximum atomic E-state index is 11.9. The summed E-state index contributed by atoms with van der Waals surface area (Å²) < 4.78 is 0. The number of carbonyl (C=O) groups is 2. The van der Waals surface area contributed by atoms with Gasteiger partial charge in [-0.2, -0.15) is 0 Å². The lowest BCUT2D eigenvalue weighted by Crippen LogP contribution is -2.01. The first-order valence-electron chi connectivity index (χ1n) is 11.8. The fraction of sp³-hybridized carbons (Fsp3) is 0.630. The molecule has 0 spiro atoms. The van der Waals surface area contributed by atoms with E-state index in [0.29, 0.717) is 6.42 Å². The van der Waals surface area contributed by atoms with Gasteiger partial charge in [-0.3, -0.25) is 4.79 Å². The van der Waals surface area contributed by atoms with Gasteiger partial charge in [0.05, 0.1) is 0 Å². The molecule has 0 saturated carbocycles. The van der Waals surface area contributed by atoms with E-state index in [4.69, 9.17) is 0 Å². The minimum Gasteiger partial charge on any atom is -0.300 e. The van der Waals surface area contributed by atoms with Crippen LogP contribution in [0.2, 0.25) is 0 Å². The summed E-state index contributed by atoms with van der Waals surface area (Å²) in [6, 6.07) is 0. The Morgan fingerprint density at radius 1 is 0.931 bits per heavy atom. The molecule has 0 bridgehead atoms. The highest BCUT2D eigenvalue weighted by Crippen LogP contribution is 2.25. The minimum absolute atomic E-state index is 0.137. The highest BCUT2D eigenvalue weighted by atomic mass is 16.1. The lowest BCUT2D eigenvalue weighted by Gasteiger charge is -2.06. The number of ketones is 2. The largest absolute Gasteiger partial charge is 0.300 e. The quantitative estimate of drug-likeness (QED) is 0.187. The maximum Gasteiger partial charge on any atom is 0.182 e. The van der Waals surface area contributed by atoms with Crippen molar-refractivity contribution >= 4 is 11.6 Å². The predicted molar refractivity (Wildman–Crippen MR) is 129 cm³/mol. The van der Waals surface area contributed by atoms with Crippen molar-refractivity contribution < 1.29 is 9.59 Å². The van der Waals surface area contributed by atoms with Crippen molar-refractivity contribution in [3.05, 3.63) is 48.1 Å². The van der Waals surface area contributed by atoms with E-state index in [9.17, 15) is 9.59 Å². The summed E-state index contributed by atoms with van der Waals surface area (Å²) in [4.78, 5) is 22.8. The molecule has 0 aliphatic heterocycles. The monoisotopic (exact) mass is 402 g/mol. The molecular formula is C27H46O2. The van der Waals surface area contributed by atoms with Crippen molar-refractivity contribution in [1.82, 2.24) is 0 Å². The molecule has 0 amide bonds. The molecule has 0 aromatic rings. The van der Waals surface area contributed by atoms with Gasteiger partial charge in [-0.05, 0) is 45.1 Å². The molecule has 2 heteroatoms. The van der Waals surface area contributed by atoms with Gasteiger partial charge < -0.3 is 4.79 Å². The van der Waals surface area contributed by atoms with Crippen LogP contribution in [-0.2, 0) is 9.59 Å². The van der Waals surface area contributed by atoms with E-state index >= 15 is 0 Å². The number of Topliss-reactive ketones (excluding diaryl/α,β-unsaturated/α-hetero) is 1. The van der Waals surface area contributed by atoms with Crippen LogP contribution in [0.1, 0.15) is 106 Å². The van der Waals surface area contributed by atoms with Crippen molar-refractivity contribution in [2.45, 2.75) is 106 Å². The van der Waals surface area contributed by atoms with Gasteiger partial charge in [-0.25, -0.2) is 0 Å². The van der Waals surface area contributed by atoms with Crippen molar-refractivity contribution in [2.24, 2.45) is 5.92 Å². The Morgan fingerprint density at radius 3 is 2.17 bits per heavy atom. The molecule has 1 aliphatic carbocycles. The Morgan fingerprint density at radius 2 is 1.59 bits per heavy atom. The van der Waals surface area contributed by atoms with E-state index in [-0.39, 0.29) is 17.5 Å². The average molecular weight is 403 g/mol. The normalized spacial score (nSPS) is 16.8. The summed E-state index contributed by atoms with van der Waals surface area (Å²) in [5, 5.41) is 0. The smallest absolute Gasteiger partial charge is 0.182 e. The van der Waals surface area contributed by atoms with Gasteiger partial charge in [0.1, 0.15) is 5.78 Å². The summed E-state index contributed by atoms with van der Waals surface area (Å²) in [6.45, 7) is 12.2. The number of hydrogen-bond donors (Lipinski definition) is 0. The van der Waals surface area contributed by atoms with Crippen LogP contribution in [0, 0.1) is 5.92 Å². The standard InChI is InChI=1S/C21H30O2.C4H10.C2H6/c1-3-4-5-6-7-12-15-20-19(16-17-21(20)23)14-11-9-8-10-13-18(2)22;1-3-4-2;1-2/h7,9,11-12,15-17,19H,3-6,8,10,13-14H2,1-2H3;3-4H2,1-2H3;1-2H3/b11-9+,12-7+,20-15+;;. The Kier molecular flexibility index (Phi) is 23.0. The molecular weight excluding hydrogens is 356 g/mol. The van der Waals surface area contributed by atoms with Crippen LogP contribution in [0.15, 0.2) is 48.1 Å². The lowest BCUT2D eigenvalue weighted by molar-refractivity contribution is -0.117. The molecule has 0 aromatic heterocycles. The van der Waals surface area contributed by atoms with Crippen molar-refractivity contribution in [1.29, 1.82) is 0 Å². The molecule has 0 heterocycles. The molecule has 2 nitrogen and oxygen atoms in total. The summed E-state index contributed by atoms with van der Waals surface area (Å²) in [5.41, 5.74) is 0.894. The second kappa shape index (κ2) is 22.6. The SMILES string of the molecule is CC.CCCC.CCCCC/C=C/C=C1/C(=O)C=CC1C/C=C/CCCC(C)=O. The van der Waals surface area contributed by atoms with Crippen molar-refractivity contribution in [2.75, 3.05) is 0 Å². The molecule has 166 valence electrons. The zero-order valence-electron chi connectivity index (χ0n) is 20.0. The third kappa shape index (κ3) is 18.1. The second-order valence-corrected chi connectivity index (χ2v) is 7.18. The number of rotatable bonds is 12. The second-order valence-electron chi connectivity index (χ2n) is 7.18. The van der Waals surface area contributed by atoms with Gasteiger partial charge >= 0.3 is 0 Å². The third-order valence-electron chi connectivity index (χ3n) is 4.51. The first-order chi connectivity index (χ1) is 14.1. The van der Waals surface area contributed by atoms with Crippen molar-refractivity contribution in [3.63, 3.8) is 0 Å². The highest BCUT2D eigenvalue weighted by molar-refractivity contribution is 6.07. The van der Waals surface area contributed by atoms with Crippen LogP contribution in [0.4, 0.5) is 0 Å². The Hall–Kier alpha value is -1.70. The first-order valence-corrected chi connectivity index (χ1v) is 11.8. The van der Waals surface area contributed by atoms with E-state index in [1.807, 2.05) is 32.1 Å². The van der Waals surface area contributed by atoms with E-state index in [2.05, 4.69) is 39.0 Å². The Labute approximate surface area is 181 Å². The van der Waals surface area contributed by atoms with Crippen LogP contribution in [0.3, 0.4) is 0 Å². The van der Waals surface area contributed by atoms with E-state index in [1.54, 1.807) is 13.0 Å². The van der Waals surface area contributed by atoms with Gasteiger partial charge in [0.15, 0.2) is 5.78 Å². The van der Waals surface area contributed by atoms with Gasteiger partial charge in [0.2, 0.25) is 0 Å². The van der Waals surface area contributed by atoms with Crippen molar-refractivity contribution in [3.8, 4) is 0 Å². The lowest BCUT2D eigenvalue weighted by atomic mass is 9.97. The summed E-state index contributed by atoms with van der Waals surface area (Å²) >= 11 is 0. The maximum absolute atomic E-state index is 11.9. The van der Waals surface area contributed by atoms with Crippen LogP contribution in [-0.4, -0.2) is 11.6 Å². The van der Waals surface area contributed by atoms with E-state index in [1.165, 1.54) is 32.1 Å². The Bertz CT molecular complexity index is 519. The molecule has 0 saturated heterocycles. The fourth-order valence-electron chi connectivity index (χ4n) is 2.61. The number of unbranched alkanes of at least 4 members (excludes halogenated alkanes) is 5. The molecule has 1 unspecified atom stereocenters. The van der Waals surface area contributed by atoms with Gasteiger partial charge in [0, 0.05) is 17.9 Å². The zero-order valence-corrected chi connectivity index (χ0v) is 20.0. The molecule has 0 N–H and O–H groups in total. The zero-order chi connectivity index (χ0) is 22.3. The van der Waals surface area contributed by atoms with Gasteiger partial charge in [-0.15, -0.1) is 0 Å². The first kappa shape index (κ1) is 29.5. The molecule has 29 heavy (non-hydrogen) atoms. The molecule has 0 fully saturated rings. The Balaban J connectivity index is 0. The molecule has 0 radical (unpaired) electrons. The third-order valence-corrected chi connectivity index (χ3v) is 4.51. The van der Waals surface area contributed by atoms with Gasteiger partial charge in [0.25, 0.3) is 0 Å². The number of hydrogen-bond acceptors (Lipinski definition) is 2. The number of allylic oxidation sites excluding steroid dienone is 8. The summed E-state index contributed by atoms with van der Waals surface area (Å²) in [5.74, 6) is 0.587. The molecule has 1 rings (SSSR count). The van der Waals surface area contributed by atoms with Gasteiger partial charge in [-0.1, -0.05) is 96.8 Å². The fourth-order valence-corrected chi connectivity index (χ4v) is 2.61. The average Bonchev–Trinajstić information content (AvgIpc) is 3.08. The van der Waals surface area contributed by atoms with Crippen LogP contribution in [0.25, 0.3) is 0 Å². The predicted octanol–water partition coefficient (Wildman–Crippen LogP) is 8.34. The van der Waals surface area contributed by atoms with Crippen LogP contribution in [0.5, 0.6) is 0 Å². The number of carbonyl (C=O) groups excluding carboxylic acids is 2. The van der Waals surface area contributed by atoms with Crippen LogP contribution < -0.4 is 0 Å². The molecule has 1 aliphatic rings. The molecule has 0 aromatic carbocycles. The van der Waals surface area contributed by atoms with Crippen LogP contribution >= 0.6 is 0 Å². The summed E-state index contributed by atoms with van der Waals surface area (Å²) in [6.07, 6.45) is 24.9. The highest BCUT2D eigenvalue weighted by Gasteiger charge is 2.20. The topological polar surface area (TPSA) is 34.1 Å². The van der Waals surface area contributed by atoms with E-state index in [0.717, 1.165) is 31.3 Å². The minimum atomic E-state index is 0.137.